The minimum absolute atomic E-state index is 0.0947. The fraction of sp³-hybridized carbons (Fsp3) is 0. The maximum atomic E-state index is 2.44. The fourth-order valence-electron chi connectivity index (χ4n) is 11.3. The summed E-state index contributed by atoms with van der Waals surface area (Å²) in [5.74, 6) is 0. The van der Waals surface area contributed by atoms with Gasteiger partial charge in [-0.15, -0.1) is 0 Å². The van der Waals surface area contributed by atoms with Gasteiger partial charge in [-0.05, 0) is 18.2 Å². The SMILES string of the molecule is c1ccc(-c2c3ccccc3c(-c3cccc4c3[se]c3cccc(-c5c6ccccc6c(-c6ccc7c(c6)c6ccccc6n7-c6ccccc6)c6ccccc56)c34)c3ccccc23)cc1. The zero-order valence-corrected chi connectivity index (χ0v) is 37.6. The molecule has 306 valence electrons. The van der Waals surface area contributed by atoms with E-state index in [1.807, 2.05) is 0 Å². The van der Waals surface area contributed by atoms with Crippen LogP contribution in [0.25, 0.3) is 134 Å². The van der Waals surface area contributed by atoms with E-state index in [4.69, 9.17) is 0 Å². The van der Waals surface area contributed by atoms with Crippen molar-refractivity contribution >= 4 is 98.7 Å². The normalized spacial score (nSPS) is 11.9. The van der Waals surface area contributed by atoms with E-state index in [0.717, 1.165) is 0 Å². The summed E-state index contributed by atoms with van der Waals surface area (Å²) in [6.45, 7) is 0. The molecule has 0 aliphatic rings. The Morgan fingerprint density at radius 1 is 0.273 bits per heavy atom. The Kier molecular flexibility index (Phi) is 8.37. The number of aromatic nitrogens is 1. The first kappa shape index (κ1) is 37.4. The molecule has 0 saturated carbocycles. The van der Waals surface area contributed by atoms with Gasteiger partial charge in [-0.1, -0.05) is 30.3 Å². The summed E-state index contributed by atoms with van der Waals surface area (Å²) in [5, 5.41) is 15.5. The fourth-order valence-corrected chi connectivity index (χ4v) is 13.9. The molecule has 2 aromatic heterocycles. The van der Waals surface area contributed by atoms with Crippen LogP contribution in [0.15, 0.2) is 237 Å². The molecule has 0 saturated heterocycles. The second-order valence-corrected chi connectivity index (χ2v) is 19.6. The number of hydrogen-bond acceptors (Lipinski definition) is 0. The maximum absolute atomic E-state index is 2.44. The second-order valence-electron chi connectivity index (χ2n) is 17.4. The zero-order valence-electron chi connectivity index (χ0n) is 35.9. The number of para-hydroxylation sites is 2. The van der Waals surface area contributed by atoms with E-state index in [1.165, 1.54) is 134 Å². The quantitative estimate of drug-likeness (QED) is 0.120. The molecule has 1 nitrogen and oxygen atoms in total. The Morgan fingerprint density at radius 2 is 0.712 bits per heavy atom. The average Bonchev–Trinajstić information content (AvgIpc) is 3.94. The van der Waals surface area contributed by atoms with Gasteiger partial charge in [-0.25, -0.2) is 0 Å². The Labute approximate surface area is 387 Å². The predicted molar refractivity (Wildman–Crippen MR) is 285 cm³/mol. The predicted octanol–water partition coefficient (Wildman–Crippen LogP) is 17.4. The standard InChI is InChI=1S/C64H39NSe/c1-3-19-40(20-4-1)59-44-24-7-13-30-50(44)62(51-31-14-8-25-45(51)59)53-33-17-34-54-63-52(32-18-36-58(63)66-64(53)54)61-48-28-11-9-26-46(48)60(47-27-10-12-29-49(47)61)41-37-38-57-55(39-41)43-23-15-16-35-56(43)65(57)42-21-5-2-6-22-42/h1-39H. The van der Waals surface area contributed by atoms with Crippen molar-refractivity contribution in [1.82, 2.24) is 4.57 Å². The van der Waals surface area contributed by atoms with Crippen molar-refractivity contribution in [2.45, 2.75) is 0 Å². The van der Waals surface area contributed by atoms with Crippen molar-refractivity contribution in [3.05, 3.63) is 237 Å². The summed E-state index contributed by atoms with van der Waals surface area (Å²) in [6.07, 6.45) is 0. The van der Waals surface area contributed by atoms with Crippen molar-refractivity contribution < 1.29 is 0 Å². The van der Waals surface area contributed by atoms with Crippen LogP contribution in [0.2, 0.25) is 0 Å². The molecule has 2 heterocycles. The van der Waals surface area contributed by atoms with Crippen LogP contribution in [-0.2, 0) is 0 Å². The first-order valence-electron chi connectivity index (χ1n) is 22.8. The first-order valence-corrected chi connectivity index (χ1v) is 24.5. The number of rotatable bonds is 5. The molecule has 2 heteroatoms. The van der Waals surface area contributed by atoms with Crippen molar-refractivity contribution in [3.63, 3.8) is 0 Å². The Morgan fingerprint density at radius 3 is 1.32 bits per heavy atom. The van der Waals surface area contributed by atoms with E-state index in [-0.39, 0.29) is 14.5 Å². The molecule has 0 fully saturated rings. The van der Waals surface area contributed by atoms with Crippen molar-refractivity contribution in [1.29, 1.82) is 0 Å². The van der Waals surface area contributed by atoms with Gasteiger partial charge in [0.25, 0.3) is 0 Å². The monoisotopic (exact) mass is 901 g/mol. The summed E-state index contributed by atoms with van der Waals surface area (Å²) in [4.78, 5) is 0. The van der Waals surface area contributed by atoms with Gasteiger partial charge in [0.15, 0.2) is 0 Å². The molecule has 0 unspecified atom stereocenters. The van der Waals surface area contributed by atoms with Crippen LogP contribution < -0.4 is 0 Å². The van der Waals surface area contributed by atoms with Gasteiger partial charge in [0, 0.05) is 5.69 Å². The second kappa shape index (κ2) is 14.8. The van der Waals surface area contributed by atoms with Gasteiger partial charge in [-0.3, -0.25) is 0 Å². The summed E-state index contributed by atoms with van der Waals surface area (Å²) < 4.78 is 5.30. The van der Waals surface area contributed by atoms with Crippen LogP contribution in [0.3, 0.4) is 0 Å². The Balaban J connectivity index is 1.02. The van der Waals surface area contributed by atoms with E-state index in [9.17, 15) is 0 Å². The van der Waals surface area contributed by atoms with Crippen LogP contribution in [-0.4, -0.2) is 19.1 Å². The Bertz CT molecular complexity index is 4160. The number of benzene rings is 12. The van der Waals surface area contributed by atoms with Crippen molar-refractivity contribution in [2.75, 3.05) is 0 Å². The van der Waals surface area contributed by atoms with Gasteiger partial charge in [-0.2, -0.15) is 0 Å². The molecule has 66 heavy (non-hydrogen) atoms. The third-order valence-corrected chi connectivity index (χ3v) is 16.5. The minimum atomic E-state index is 0.0947. The summed E-state index contributed by atoms with van der Waals surface area (Å²) in [5.41, 5.74) is 13.9. The van der Waals surface area contributed by atoms with Crippen molar-refractivity contribution in [3.8, 4) is 50.2 Å². The summed E-state index contributed by atoms with van der Waals surface area (Å²) >= 11 is 0.0947. The van der Waals surface area contributed by atoms with Crippen molar-refractivity contribution in [2.24, 2.45) is 0 Å². The van der Waals surface area contributed by atoms with Crippen LogP contribution in [0.1, 0.15) is 0 Å². The van der Waals surface area contributed by atoms with Crippen LogP contribution in [0.4, 0.5) is 0 Å². The molecule has 14 rings (SSSR count). The first-order chi connectivity index (χ1) is 32.8. The van der Waals surface area contributed by atoms with Gasteiger partial charge < -0.3 is 0 Å². The molecule has 0 bridgehead atoms. The molecule has 0 amide bonds. The van der Waals surface area contributed by atoms with E-state index < -0.39 is 0 Å². The molecule has 0 spiro atoms. The van der Waals surface area contributed by atoms with E-state index in [2.05, 4.69) is 241 Å². The third kappa shape index (κ3) is 5.47. The van der Waals surface area contributed by atoms with Gasteiger partial charge in [0.05, 0.1) is 0 Å². The van der Waals surface area contributed by atoms with Gasteiger partial charge in [0.2, 0.25) is 0 Å². The van der Waals surface area contributed by atoms with Crippen LogP contribution in [0.5, 0.6) is 0 Å². The average molecular weight is 901 g/mol. The van der Waals surface area contributed by atoms with Crippen LogP contribution in [0, 0.1) is 0 Å². The summed E-state index contributed by atoms with van der Waals surface area (Å²) in [6, 6.07) is 88.1. The van der Waals surface area contributed by atoms with E-state index >= 15 is 0 Å². The molecular weight excluding hydrogens is 862 g/mol. The molecule has 14 aromatic rings. The molecule has 0 aliphatic carbocycles. The number of hydrogen-bond donors (Lipinski definition) is 0. The zero-order chi connectivity index (χ0) is 43.3. The topological polar surface area (TPSA) is 4.93 Å². The molecule has 0 radical (unpaired) electrons. The van der Waals surface area contributed by atoms with E-state index in [0.29, 0.717) is 0 Å². The summed E-state index contributed by atoms with van der Waals surface area (Å²) in [7, 11) is 0. The number of nitrogens with zero attached hydrogens (tertiary/aromatic N) is 1. The molecule has 0 aliphatic heterocycles. The third-order valence-electron chi connectivity index (χ3n) is 14.0. The number of fused-ring (bicyclic) bond motifs is 10. The van der Waals surface area contributed by atoms with Crippen LogP contribution >= 0.6 is 0 Å². The van der Waals surface area contributed by atoms with E-state index in [1.54, 1.807) is 0 Å². The Hall–Kier alpha value is -8.00. The van der Waals surface area contributed by atoms with Gasteiger partial charge in [0.1, 0.15) is 0 Å². The molecule has 0 atom stereocenters. The molecule has 0 N–H and O–H groups in total. The molecule has 12 aromatic carbocycles. The molecular formula is C64H39NSe. The van der Waals surface area contributed by atoms with Gasteiger partial charge >= 0.3 is 336 Å².